The lowest BCUT2D eigenvalue weighted by Crippen LogP contribution is -2.27. The molecular weight excluding hydrogens is 373 g/mol. The largest absolute Gasteiger partial charge is 0.416 e. The van der Waals surface area contributed by atoms with Gasteiger partial charge in [-0.3, -0.25) is 14.9 Å². The highest BCUT2D eigenvalue weighted by molar-refractivity contribution is 6.31. The van der Waals surface area contributed by atoms with Gasteiger partial charge in [0, 0.05) is 30.7 Å². The van der Waals surface area contributed by atoms with Gasteiger partial charge in [-0.2, -0.15) is 13.2 Å². The third kappa shape index (κ3) is 4.95. The quantitative estimate of drug-likeness (QED) is 0.562. The number of carbonyl (C=O) groups excluding carboxylic acids is 1. The maximum atomic E-state index is 12.5. The highest BCUT2D eigenvalue weighted by atomic mass is 35.5. The minimum absolute atomic E-state index is 0.0416. The molecule has 2 aromatic carbocycles. The van der Waals surface area contributed by atoms with Gasteiger partial charge in [-0.1, -0.05) is 23.7 Å². The molecule has 0 atom stereocenters. The second-order valence-corrected chi connectivity index (χ2v) is 6.06. The van der Waals surface area contributed by atoms with Gasteiger partial charge in [0.15, 0.2) is 0 Å². The Morgan fingerprint density at radius 2 is 1.81 bits per heavy atom. The number of amides is 1. The van der Waals surface area contributed by atoms with E-state index in [2.05, 4.69) is 0 Å². The van der Waals surface area contributed by atoms with Crippen molar-refractivity contribution < 1.29 is 22.9 Å². The number of nitro groups is 1. The van der Waals surface area contributed by atoms with E-state index in [-0.39, 0.29) is 29.6 Å². The van der Waals surface area contributed by atoms with Crippen LogP contribution in [0.15, 0.2) is 42.5 Å². The van der Waals surface area contributed by atoms with Crippen molar-refractivity contribution in [3.8, 4) is 0 Å². The monoisotopic (exact) mass is 386 g/mol. The van der Waals surface area contributed by atoms with Crippen LogP contribution in [0.5, 0.6) is 0 Å². The van der Waals surface area contributed by atoms with E-state index in [1.54, 1.807) is 0 Å². The van der Waals surface area contributed by atoms with Crippen molar-refractivity contribution in [3.63, 3.8) is 0 Å². The fourth-order valence-corrected chi connectivity index (χ4v) is 2.44. The summed E-state index contributed by atoms with van der Waals surface area (Å²) in [6.45, 7) is 0.0416. The summed E-state index contributed by atoms with van der Waals surface area (Å²) in [4.78, 5) is 23.8. The SMILES string of the molecule is CN(Cc1cc([N+](=O)[O-])ccc1Cl)C(=O)Cc1ccc(C(F)(F)F)cc1. The molecule has 138 valence electrons. The summed E-state index contributed by atoms with van der Waals surface area (Å²) in [5, 5.41) is 11.1. The van der Waals surface area contributed by atoms with Crippen LogP contribution in [0.25, 0.3) is 0 Å². The van der Waals surface area contributed by atoms with Gasteiger partial charge in [-0.05, 0) is 29.3 Å². The van der Waals surface area contributed by atoms with Crippen molar-refractivity contribution in [1.82, 2.24) is 4.90 Å². The van der Waals surface area contributed by atoms with Gasteiger partial charge in [-0.25, -0.2) is 0 Å². The summed E-state index contributed by atoms with van der Waals surface area (Å²) < 4.78 is 37.6. The Kier molecular flexibility index (Phi) is 5.86. The van der Waals surface area contributed by atoms with Gasteiger partial charge in [0.25, 0.3) is 5.69 Å². The van der Waals surface area contributed by atoms with Gasteiger partial charge >= 0.3 is 6.18 Å². The minimum Gasteiger partial charge on any atom is -0.341 e. The van der Waals surface area contributed by atoms with Crippen LogP contribution in [0.4, 0.5) is 18.9 Å². The molecule has 0 saturated carbocycles. The van der Waals surface area contributed by atoms with Crippen LogP contribution in [-0.4, -0.2) is 22.8 Å². The first-order valence-electron chi connectivity index (χ1n) is 7.41. The molecule has 0 unspecified atom stereocenters. The minimum atomic E-state index is -4.43. The summed E-state index contributed by atoms with van der Waals surface area (Å²) in [5.41, 5.74) is -0.0949. The van der Waals surface area contributed by atoms with E-state index in [9.17, 15) is 28.1 Å². The smallest absolute Gasteiger partial charge is 0.341 e. The van der Waals surface area contributed by atoms with Crippen molar-refractivity contribution in [2.75, 3.05) is 7.05 Å². The summed E-state index contributed by atoms with van der Waals surface area (Å²) in [6, 6.07) is 8.24. The molecule has 0 saturated heterocycles. The molecule has 0 fully saturated rings. The van der Waals surface area contributed by atoms with E-state index < -0.39 is 16.7 Å². The Morgan fingerprint density at radius 3 is 2.35 bits per heavy atom. The molecule has 5 nitrogen and oxygen atoms in total. The lowest BCUT2D eigenvalue weighted by molar-refractivity contribution is -0.384. The average Bonchev–Trinajstić information content (AvgIpc) is 2.56. The number of benzene rings is 2. The summed E-state index contributed by atoms with van der Waals surface area (Å²) >= 11 is 6.00. The number of likely N-dealkylation sites (N-methyl/N-ethyl adjacent to an activating group) is 1. The zero-order valence-electron chi connectivity index (χ0n) is 13.6. The summed E-state index contributed by atoms with van der Waals surface area (Å²) in [7, 11) is 1.49. The van der Waals surface area contributed by atoms with Crippen LogP contribution in [0, 0.1) is 10.1 Å². The first-order valence-corrected chi connectivity index (χ1v) is 7.78. The molecule has 0 radical (unpaired) electrons. The fourth-order valence-electron chi connectivity index (χ4n) is 2.26. The summed E-state index contributed by atoms with van der Waals surface area (Å²) in [5.74, 6) is -0.354. The van der Waals surface area contributed by atoms with Gasteiger partial charge in [0.2, 0.25) is 5.91 Å². The van der Waals surface area contributed by atoms with Crippen LogP contribution in [0.2, 0.25) is 5.02 Å². The molecule has 2 aromatic rings. The second kappa shape index (κ2) is 7.74. The maximum absolute atomic E-state index is 12.5. The van der Waals surface area contributed by atoms with Crippen molar-refractivity contribution >= 4 is 23.2 Å². The first kappa shape index (κ1) is 19.7. The summed E-state index contributed by atoms with van der Waals surface area (Å²) in [6.07, 6.45) is -4.53. The molecule has 0 aliphatic carbocycles. The van der Waals surface area contributed by atoms with Crippen LogP contribution >= 0.6 is 11.6 Å². The number of nitro benzene ring substituents is 1. The van der Waals surface area contributed by atoms with Crippen LogP contribution < -0.4 is 0 Å². The Morgan fingerprint density at radius 1 is 1.19 bits per heavy atom. The van der Waals surface area contributed by atoms with Crippen LogP contribution in [0.1, 0.15) is 16.7 Å². The van der Waals surface area contributed by atoms with Crippen molar-refractivity contribution in [1.29, 1.82) is 0 Å². The molecule has 0 N–H and O–H groups in total. The third-order valence-corrected chi connectivity index (χ3v) is 4.08. The van der Waals surface area contributed by atoms with Crippen LogP contribution in [-0.2, 0) is 23.9 Å². The van der Waals surface area contributed by atoms with Gasteiger partial charge in [-0.15, -0.1) is 0 Å². The molecule has 1 amide bonds. The molecular formula is C17H14ClF3N2O3. The molecule has 0 heterocycles. The second-order valence-electron chi connectivity index (χ2n) is 5.65. The Balaban J connectivity index is 2.06. The number of hydrogen-bond acceptors (Lipinski definition) is 3. The zero-order chi connectivity index (χ0) is 19.5. The van der Waals surface area contributed by atoms with E-state index in [1.165, 1.54) is 42.3 Å². The maximum Gasteiger partial charge on any atom is 0.416 e. The zero-order valence-corrected chi connectivity index (χ0v) is 14.3. The first-order chi connectivity index (χ1) is 12.1. The number of hydrogen-bond donors (Lipinski definition) is 0. The molecule has 0 aromatic heterocycles. The highest BCUT2D eigenvalue weighted by Crippen LogP contribution is 2.29. The molecule has 0 spiro atoms. The predicted octanol–water partition coefficient (Wildman–Crippen LogP) is 4.47. The predicted molar refractivity (Wildman–Crippen MR) is 89.7 cm³/mol. The lowest BCUT2D eigenvalue weighted by Gasteiger charge is -2.18. The van der Waals surface area contributed by atoms with E-state index in [4.69, 9.17) is 11.6 Å². The van der Waals surface area contributed by atoms with E-state index >= 15 is 0 Å². The van der Waals surface area contributed by atoms with Crippen molar-refractivity contribution in [3.05, 3.63) is 74.3 Å². The molecule has 9 heteroatoms. The van der Waals surface area contributed by atoms with E-state index in [1.807, 2.05) is 0 Å². The highest BCUT2D eigenvalue weighted by Gasteiger charge is 2.30. The number of non-ortho nitro benzene ring substituents is 1. The average molecular weight is 387 g/mol. The van der Waals surface area contributed by atoms with Gasteiger partial charge in [0.1, 0.15) is 0 Å². The third-order valence-electron chi connectivity index (χ3n) is 3.71. The molecule has 0 aliphatic heterocycles. The lowest BCUT2D eigenvalue weighted by atomic mass is 10.1. The van der Waals surface area contributed by atoms with Crippen LogP contribution in [0.3, 0.4) is 0 Å². The standard InChI is InChI=1S/C17H14ClF3N2O3/c1-22(10-12-9-14(23(25)26)6-7-15(12)18)16(24)8-11-2-4-13(5-3-11)17(19,20)21/h2-7,9H,8,10H2,1H3. The number of alkyl halides is 3. The van der Waals surface area contributed by atoms with Gasteiger partial charge in [0.05, 0.1) is 16.9 Å². The molecule has 26 heavy (non-hydrogen) atoms. The Hall–Kier alpha value is -2.61. The Bertz CT molecular complexity index is 823. The normalized spacial score (nSPS) is 11.3. The fraction of sp³-hybridized carbons (Fsp3) is 0.235. The van der Waals surface area contributed by atoms with Gasteiger partial charge < -0.3 is 4.90 Å². The number of nitrogens with zero attached hydrogens (tertiary/aromatic N) is 2. The van der Waals surface area contributed by atoms with E-state index in [0.29, 0.717) is 11.1 Å². The molecule has 0 bridgehead atoms. The molecule has 0 aliphatic rings. The van der Waals surface area contributed by atoms with Crippen molar-refractivity contribution in [2.24, 2.45) is 0 Å². The number of carbonyl (C=O) groups is 1. The Labute approximate surface area is 152 Å². The number of rotatable bonds is 5. The van der Waals surface area contributed by atoms with E-state index in [0.717, 1.165) is 12.1 Å². The topological polar surface area (TPSA) is 63.4 Å². The van der Waals surface area contributed by atoms with Crippen molar-refractivity contribution in [2.45, 2.75) is 19.1 Å². The number of halogens is 4. The molecule has 2 rings (SSSR count).